The van der Waals surface area contributed by atoms with Gasteiger partial charge < -0.3 is 19.3 Å². The van der Waals surface area contributed by atoms with Gasteiger partial charge in [-0.1, -0.05) is 17.7 Å². The largest absolute Gasteiger partial charge is 0.497 e. The second kappa shape index (κ2) is 7.54. The Labute approximate surface area is 135 Å². The smallest absolute Gasteiger partial charge is 0.339 e. The molecule has 5 nitrogen and oxygen atoms in total. The minimum atomic E-state index is -1.04. The summed E-state index contributed by atoms with van der Waals surface area (Å²) in [5.74, 6) is 0.558. The lowest BCUT2D eigenvalue weighted by Crippen LogP contribution is -2.12. The van der Waals surface area contributed by atoms with Crippen LogP contribution in [0.4, 0.5) is 0 Å². The zero-order valence-electron chi connectivity index (χ0n) is 13.5. The van der Waals surface area contributed by atoms with E-state index in [0.717, 1.165) is 11.3 Å². The quantitative estimate of drug-likeness (QED) is 0.792. The molecule has 2 aromatic carbocycles. The maximum atomic E-state index is 11.2. The highest BCUT2D eigenvalue weighted by Crippen LogP contribution is 2.25. The number of hydrogen-bond acceptors (Lipinski definition) is 4. The van der Waals surface area contributed by atoms with Crippen LogP contribution in [-0.2, 0) is 0 Å². The van der Waals surface area contributed by atoms with Gasteiger partial charge in [-0.2, -0.15) is 0 Å². The molecule has 0 bridgehead atoms. The first kappa shape index (κ1) is 16.7. The molecule has 0 aliphatic carbocycles. The van der Waals surface area contributed by atoms with Crippen molar-refractivity contribution < 1.29 is 24.1 Å². The van der Waals surface area contributed by atoms with E-state index in [0.29, 0.717) is 12.4 Å². The van der Waals surface area contributed by atoms with Crippen molar-refractivity contribution in [2.45, 2.75) is 13.8 Å². The molecular formula is C18H20O5. The average molecular weight is 316 g/mol. The molecule has 0 aliphatic rings. The van der Waals surface area contributed by atoms with Crippen LogP contribution in [0.1, 0.15) is 21.5 Å². The van der Waals surface area contributed by atoms with E-state index in [2.05, 4.69) is 0 Å². The first-order valence-corrected chi connectivity index (χ1v) is 7.25. The van der Waals surface area contributed by atoms with Crippen molar-refractivity contribution in [2.24, 2.45) is 0 Å². The average Bonchev–Trinajstić information content (AvgIpc) is 2.52. The maximum absolute atomic E-state index is 11.2. The molecule has 23 heavy (non-hydrogen) atoms. The number of hydrogen-bond donors (Lipinski definition) is 1. The van der Waals surface area contributed by atoms with Gasteiger partial charge in [0.2, 0.25) is 0 Å². The highest BCUT2D eigenvalue weighted by Gasteiger charge is 2.12. The van der Waals surface area contributed by atoms with E-state index in [9.17, 15) is 9.90 Å². The summed E-state index contributed by atoms with van der Waals surface area (Å²) in [6, 6.07) is 10.5. The molecule has 0 aliphatic heterocycles. The van der Waals surface area contributed by atoms with Crippen LogP contribution in [0.25, 0.3) is 0 Å². The molecule has 0 radical (unpaired) electrons. The Hall–Kier alpha value is -2.69. The number of carboxylic acids is 1. The van der Waals surface area contributed by atoms with Crippen LogP contribution in [0.3, 0.4) is 0 Å². The Morgan fingerprint density at radius 3 is 2.30 bits per heavy atom. The van der Waals surface area contributed by atoms with E-state index in [1.54, 1.807) is 12.1 Å². The monoisotopic (exact) mass is 316 g/mol. The zero-order chi connectivity index (χ0) is 16.8. The van der Waals surface area contributed by atoms with Gasteiger partial charge in [0, 0.05) is 6.07 Å². The minimum Gasteiger partial charge on any atom is -0.497 e. The number of carbonyl (C=O) groups is 1. The van der Waals surface area contributed by atoms with Crippen LogP contribution in [-0.4, -0.2) is 31.4 Å². The topological polar surface area (TPSA) is 65.0 Å². The third-order valence-corrected chi connectivity index (χ3v) is 3.35. The number of rotatable bonds is 7. The predicted octanol–water partition coefficient (Wildman–Crippen LogP) is 3.47. The highest BCUT2D eigenvalue weighted by molar-refractivity contribution is 5.91. The molecule has 0 spiro atoms. The van der Waals surface area contributed by atoms with E-state index >= 15 is 0 Å². The van der Waals surface area contributed by atoms with Crippen molar-refractivity contribution in [2.75, 3.05) is 20.3 Å². The molecule has 0 unspecified atom stereocenters. The summed E-state index contributed by atoms with van der Waals surface area (Å²) in [6.07, 6.45) is 0. The second-order valence-corrected chi connectivity index (χ2v) is 5.13. The zero-order valence-corrected chi connectivity index (χ0v) is 13.5. The normalized spacial score (nSPS) is 10.2. The Bertz CT molecular complexity index is 694. The van der Waals surface area contributed by atoms with Crippen LogP contribution >= 0.6 is 0 Å². The second-order valence-electron chi connectivity index (χ2n) is 5.13. The molecular weight excluding hydrogens is 296 g/mol. The molecule has 0 aromatic heterocycles. The number of ether oxygens (including phenoxy) is 3. The van der Waals surface area contributed by atoms with Crippen LogP contribution < -0.4 is 14.2 Å². The van der Waals surface area contributed by atoms with Gasteiger partial charge in [0.1, 0.15) is 36.0 Å². The fourth-order valence-electron chi connectivity index (χ4n) is 2.19. The molecule has 0 saturated heterocycles. The summed E-state index contributed by atoms with van der Waals surface area (Å²) in [4.78, 5) is 11.2. The van der Waals surface area contributed by atoms with E-state index < -0.39 is 5.97 Å². The summed E-state index contributed by atoms with van der Waals surface area (Å²) >= 11 is 0. The van der Waals surface area contributed by atoms with Crippen molar-refractivity contribution in [3.05, 3.63) is 53.1 Å². The fourth-order valence-corrected chi connectivity index (χ4v) is 2.19. The maximum Gasteiger partial charge on any atom is 0.339 e. The first-order chi connectivity index (χ1) is 11.0. The van der Waals surface area contributed by atoms with Gasteiger partial charge in [0.15, 0.2) is 0 Å². The molecule has 122 valence electrons. The van der Waals surface area contributed by atoms with Crippen LogP contribution in [0.5, 0.6) is 17.2 Å². The van der Waals surface area contributed by atoms with Gasteiger partial charge in [-0.3, -0.25) is 0 Å². The molecule has 0 fully saturated rings. The van der Waals surface area contributed by atoms with E-state index in [1.165, 1.54) is 18.7 Å². The Morgan fingerprint density at radius 1 is 1.00 bits per heavy atom. The van der Waals surface area contributed by atoms with Gasteiger partial charge in [-0.05, 0) is 37.6 Å². The van der Waals surface area contributed by atoms with E-state index in [-0.39, 0.29) is 17.9 Å². The van der Waals surface area contributed by atoms with Gasteiger partial charge in [-0.25, -0.2) is 4.79 Å². The van der Waals surface area contributed by atoms with E-state index in [1.807, 2.05) is 32.0 Å². The highest BCUT2D eigenvalue weighted by atomic mass is 16.5. The summed E-state index contributed by atoms with van der Waals surface area (Å²) in [5.41, 5.74) is 2.32. The summed E-state index contributed by atoms with van der Waals surface area (Å²) in [5, 5.41) is 9.17. The predicted molar refractivity (Wildman–Crippen MR) is 86.9 cm³/mol. The first-order valence-electron chi connectivity index (χ1n) is 7.25. The molecule has 0 atom stereocenters. The number of methoxy groups -OCH3 is 1. The molecule has 0 saturated carbocycles. The van der Waals surface area contributed by atoms with Gasteiger partial charge >= 0.3 is 5.97 Å². The standard InChI is InChI=1S/C18H20O5/c1-12-4-7-16(13(2)10-12)22-8-9-23-17-11-14(21-3)5-6-15(17)18(19)20/h4-7,10-11H,8-9H2,1-3H3,(H,19,20). The number of aryl methyl sites for hydroxylation is 2. The Balaban J connectivity index is 1.96. The molecule has 0 heterocycles. The number of aromatic carboxylic acids is 1. The molecule has 1 N–H and O–H groups in total. The van der Waals surface area contributed by atoms with Crippen molar-refractivity contribution in [1.29, 1.82) is 0 Å². The lowest BCUT2D eigenvalue weighted by Gasteiger charge is -2.13. The van der Waals surface area contributed by atoms with E-state index in [4.69, 9.17) is 14.2 Å². The van der Waals surface area contributed by atoms with Crippen molar-refractivity contribution >= 4 is 5.97 Å². The third kappa shape index (κ3) is 4.39. The lowest BCUT2D eigenvalue weighted by molar-refractivity contribution is 0.0691. The molecule has 2 rings (SSSR count). The SMILES string of the molecule is COc1ccc(C(=O)O)c(OCCOc2ccc(C)cc2C)c1. The van der Waals surface area contributed by atoms with Crippen LogP contribution in [0, 0.1) is 13.8 Å². The van der Waals surface area contributed by atoms with Crippen LogP contribution in [0.2, 0.25) is 0 Å². The summed E-state index contributed by atoms with van der Waals surface area (Å²) in [7, 11) is 1.52. The lowest BCUT2D eigenvalue weighted by atomic mass is 10.1. The fraction of sp³-hybridized carbons (Fsp3) is 0.278. The van der Waals surface area contributed by atoms with Crippen LogP contribution in [0.15, 0.2) is 36.4 Å². The van der Waals surface area contributed by atoms with Gasteiger partial charge in [0.25, 0.3) is 0 Å². The molecule has 2 aromatic rings. The molecule has 5 heteroatoms. The summed E-state index contributed by atoms with van der Waals surface area (Å²) in [6.45, 7) is 4.56. The van der Waals surface area contributed by atoms with Crippen molar-refractivity contribution in [1.82, 2.24) is 0 Å². The van der Waals surface area contributed by atoms with Crippen molar-refractivity contribution in [3.63, 3.8) is 0 Å². The third-order valence-electron chi connectivity index (χ3n) is 3.35. The van der Waals surface area contributed by atoms with Gasteiger partial charge in [-0.15, -0.1) is 0 Å². The Morgan fingerprint density at radius 2 is 1.70 bits per heavy atom. The van der Waals surface area contributed by atoms with Crippen molar-refractivity contribution in [3.8, 4) is 17.2 Å². The number of benzene rings is 2. The molecule has 0 amide bonds. The summed E-state index contributed by atoms with van der Waals surface area (Å²) < 4.78 is 16.3. The minimum absolute atomic E-state index is 0.0947. The van der Waals surface area contributed by atoms with Gasteiger partial charge in [0.05, 0.1) is 7.11 Å². The number of carboxylic acid groups (broad SMARTS) is 1. The Kier molecular flexibility index (Phi) is 5.46.